The fourth-order valence-electron chi connectivity index (χ4n) is 4.24. The zero-order chi connectivity index (χ0) is 19.2. The lowest BCUT2D eigenvalue weighted by atomic mass is 9.95. The number of piperazine rings is 1. The molecule has 1 saturated heterocycles. The van der Waals surface area contributed by atoms with Crippen LogP contribution in [0.25, 0.3) is 0 Å². The van der Waals surface area contributed by atoms with Crippen LogP contribution in [0.15, 0.2) is 36.9 Å². The largest absolute Gasteiger partial charge is 0.351 e. The van der Waals surface area contributed by atoms with Gasteiger partial charge in [-0.15, -0.1) is 6.58 Å². The lowest BCUT2D eigenvalue weighted by Crippen LogP contribution is -2.58. The van der Waals surface area contributed by atoms with Crippen LogP contribution in [0.4, 0.5) is 0 Å². The van der Waals surface area contributed by atoms with Crippen LogP contribution < -0.4 is 5.32 Å². The third-order valence-electron chi connectivity index (χ3n) is 5.60. The molecule has 1 N–H and O–H groups in total. The molecule has 27 heavy (non-hydrogen) atoms. The van der Waals surface area contributed by atoms with Gasteiger partial charge in [0.1, 0.15) is 0 Å². The van der Waals surface area contributed by atoms with E-state index in [1.807, 2.05) is 4.90 Å². The summed E-state index contributed by atoms with van der Waals surface area (Å²) in [6.45, 7) is 6.87. The molecule has 3 rings (SSSR count). The van der Waals surface area contributed by atoms with Gasteiger partial charge in [-0.05, 0) is 37.0 Å². The predicted octanol–water partition coefficient (Wildman–Crippen LogP) is 2.96. The minimum atomic E-state index is -0.101. The van der Waals surface area contributed by atoms with Gasteiger partial charge in [0.25, 0.3) is 5.91 Å². The van der Waals surface area contributed by atoms with Gasteiger partial charge in [-0.1, -0.05) is 36.6 Å². The van der Waals surface area contributed by atoms with Gasteiger partial charge in [0.2, 0.25) is 5.91 Å². The van der Waals surface area contributed by atoms with Gasteiger partial charge in [0.15, 0.2) is 0 Å². The second-order valence-corrected chi connectivity index (χ2v) is 7.80. The fraction of sp³-hybridized carbons (Fsp3) is 0.524. The predicted molar refractivity (Wildman–Crippen MR) is 108 cm³/mol. The Labute approximate surface area is 166 Å². The zero-order valence-electron chi connectivity index (χ0n) is 15.7. The molecule has 2 fully saturated rings. The number of carbonyl (C=O) groups excluding carboxylic acids is 2. The summed E-state index contributed by atoms with van der Waals surface area (Å²) in [5.41, 5.74) is 0.618. The van der Waals surface area contributed by atoms with Crippen LogP contribution >= 0.6 is 11.6 Å². The van der Waals surface area contributed by atoms with Crippen LogP contribution in [0, 0.1) is 5.92 Å². The molecule has 1 aromatic carbocycles. The number of carbonyl (C=O) groups is 2. The summed E-state index contributed by atoms with van der Waals surface area (Å²) in [5.74, 6) is 0.507. The van der Waals surface area contributed by atoms with E-state index in [9.17, 15) is 9.59 Å². The van der Waals surface area contributed by atoms with Gasteiger partial charge in [-0.2, -0.15) is 0 Å². The van der Waals surface area contributed by atoms with E-state index in [1.165, 1.54) is 12.8 Å². The highest BCUT2D eigenvalue weighted by Crippen LogP contribution is 2.31. The minimum absolute atomic E-state index is 0.00525. The Hall–Kier alpha value is -1.85. The van der Waals surface area contributed by atoms with Crippen molar-refractivity contribution < 1.29 is 9.59 Å². The number of nitrogens with zero attached hydrogens (tertiary/aromatic N) is 2. The summed E-state index contributed by atoms with van der Waals surface area (Å²) in [7, 11) is 0. The molecule has 0 aromatic heterocycles. The van der Waals surface area contributed by atoms with Crippen molar-refractivity contribution in [3.8, 4) is 0 Å². The average molecular weight is 390 g/mol. The second-order valence-electron chi connectivity index (χ2n) is 7.36. The van der Waals surface area contributed by atoms with E-state index >= 15 is 0 Å². The zero-order valence-corrected chi connectivity index (χ0v) is 16.5. The van der Waals surface area contributed by atoms with Crippen molar-refractivity contribution in [1.82, 2.24) is 15.1 Å². The SMILES string of the molecule is C=CCNC(=O)C(C1CCCC1)N1CCN(C(=O)c2cccc(Cl)c2)CC1. The van der Waals surface area contributed by atoms with E-state index in [-0.39, 0.29) is 17.9 Å². The second kappa shape index (κ2) is 9.38. The third kappa shape index (κ3) is 4.90. The molecule has 5 nitrogen and oxygen atoms in total. The van der Waals surface area contributed by atoms with Gasteiger partial charge in [0.05, 0.1) is 6.04 Å². The Morgan fingerprint density at radius 2 is 1.93 bits per heavy atom. The maximum absolute atomic E-state index is 12.8. The van der Waals surface area contributed by atoms with Crippen molar-refractivity contribution in [2.45, 2.75) is 31.7 Å². The van der Waals surface area contributed by atoms with E-state index in [4.69, 9.17) is 11.6 Å². The first-order chi connectivity index (χ1) is 13.1. The van der Waals surface area contributed by atoms with Crippen molar-refractivity contribution in [3.05, 3.63) is 47.5 Å². The molecular formula is C21H28ClN3O2. The summed E-state index contributed by atoms with van der Waals surface area (Å²) in [6, 6.07) is 6.97. The van der Waals surface area contributed by atoms with Gasteiger partial charge in [-0.25, -0.2) is 0 Å². The lowest BCUT2D eigenvalue weighted by molar-refractivity contribution is -0.129. The van der Waals surface area contributed by atoms with Crippen molar-refractivity contribution in [2.24, 2.45) is 5.92 Å². The van der Waals surface area contributed by atoms with E-state index in [0.717, 1.165) is 25.9 Å². The number of amides is 2. The van der Waals surface area contributed by atoms with Crippen molar-refractivity contribution in [3.63, 3.8) is 0 Å². The highest BCUT2D eigenvalue weighted by Gasteiger charge is 2.37. The average Bonchev–Trinajstić information content (AvgIpc) is 3.21. The van der Waals surface area contributed by atoms with Gasteiger partial charge in [-0.3, -0.25) is 14.5 Å². The van der Waals surface area contributed by atoms with Crippen molar-refractivity contribution in [1.29, 1.82) is 0 Å². The molecule has 1 unspecified atom stereocenters. The number of benzene rings is 1. The van der Waals surface area contributed by atoms with E-state index in [0.29, 0.717) is 36.1 Å². The normalized spacial score (nSPS) is 19.7. The maximum Gasteiger partial charge on any atom is 0.253 e. The number of rotatable bonds is 6. The smallest absolute Gasteiger partial charge is 0.253 e. The van der Waals surface area contributed by atoms with Gasteiger partial charge < -0.3 is 10.2 Å². The molecule has 0 radical (unpaired) electrons. The number of hydrogen-bond donors (Lipinski definition) is 1. The summed E-state index contributed by atoms with van der Waals surface area (Å²) in [6.07, 6.45) is 6.32. The standard InChI is InChI=1S/C21H28ClN3O2/c1-2-10-23-20(26)19(16-6-3-4-7-16)24-11-13-25(14-12-24)21(27)17-8-5-9-18(22)15-17/h2,5,8-9,15-16,19H,1,3-4,6-7,10-14H2,(H,23,26). The molecular weight excluding hydrogens is 362 g/mol. The van der Waals surface area contributed by atoms with E-state index < -0.39 is 0 Å². The third-order valence-corrected chi connectivity index (χ3v) is 5.84. The molecule has 0 spiro atoms. The number of hydrogen-bond acceptors (Lipinski definition) is 3. The highest BCUT2D eigenvalue weighted by atomic mass is 35.5. The molecule has 2 amide bonds. The number of nitrogens with one attached hydrogen (secondary N) is 1. The van der Waals surface area contributed by atoms with Crippen molar-refractivity contribution >= 4 is 23.4 Å². The molecule has 1 saturated carbocycles. The Balaban J connectivity index is 1.63. The maximum atomic E-state index is 12.8. The lowest BCUT2D eigenvalue weighted by Gasteiger charge is -2.40. The highest BCUT2D eigenvalue weighted by molar-refractivity contribution is 6.30. The Morgan fingerprint density at radius 3 is 2.56 bits per heavy atom. The number of halogens is 1. The summed E-state index contributed by atoms with van der Waals surface area (Å²) >= 11 is 6.01. The Kier molecular flexibility index (Phi) is 6.91. The van der Waals surface area contributed by atoms with Gasteiger partial charge >= 0.3 is 0 Å². The van der Waals surface area contributed by atoms with Crippen LogP contribution in [0.1, 0.15) is 36.0 Å². The van der Waals surface area contributed by atoms with Crippen LogP contribution in [-0.2, 0) is 4.79 Å². The van der Waals surface area contributed by atoms with Crippen molar-refractivity contribution in [2.75, 3.05) is 32.7 Å². The summed E-state index contributed by atoms with van der Waals surface area (Å²) in [5, 5.41) is 3.55. The topological polar surface area (TPSA) is 52.7 Å². The Bertz CT molecular complexity index is 680. The molecule has 1 aliphatic heterocycles. The fourth-order valence-corrected chi connectivity index (χ4v) is 4.43. The minimum Gasteiger partial charge on any atom is -0.351 e. The molecule has 6 heteroatoms. The van der Waals surface area contributed by atoms with Gasteiger partial charge in [0, 0.05) is 43.3 Å². The van der Waals surface area contributed by atoms with E-state index in [2.05, 4.69) is 16.8 Å². The Morgan fingerprint density at radius 1 is 1.22 bits per heavy atom. The molecule has 1 aliphatic carbocycles. The molecule has 2 aliphatic rings. The quantitative estimate of drug-likeness (QED) is 0.761. The molecule has 1 heterocycles. The first-order valence-electron chi connectivity index (χ1n) is 9.77. The van der Waals surface area contributed by atoms with Crippen LogP contribution in [-0.4, -0.2) is 60.4 Å². The molecule has 1 aromatic rings. The summed E-state index contributed by atoms with van der Waals surface area (Å²) in [4.78, 5) is 29.6. The molecule has 146 valence electrons. The van der Waals surface area contributed by atoms with Crippen LogP contribution in [0.3, 0.4) is 0 Å². The molecule has 1 atom stereocenters. The summed E-state index contributed by atoms with van der Waals surface area (Å²) < 4.78 is 0. The van der Waals surface area contributed by atoms with Crippen LogP contribution in [0.5, 0.6) is 0 Å². The van der Waals surface area contributed by atoms with Crippen LogP contribution in [0.2, 0.25) is 5.02 Å². The molecule has 0 bridgehead atoms. The first kappa shape index (κ1) is 19.9. The monoisotopic (exact) mass is 389 g/mol. The first-order valence-corrected chi connectivity index (χ1v) is 10.2. The van der Waals surface area contributed by atoms with E-state index in [1.54, 1.807) is 30.3 Å².